The van der Waals surface area contributed by atoms with Crippen molar-refractivity contribution in [2.75, 3.05) is 0 Å². The fraction of sp³-hybridized carbons (Fsp3) is 0.500. The fourth-order valence-corrected chi connectivity index (χ4v) is 2.22. The van der Waals surface area contributed by atoms with Gasteiger partial charge in [-0.3, -0.25) is 0 Å². The van der Waals surface area contributed by atoms with E-state index in [1.165, 1.54) is 12.8 Å². The second-order valence-electron chi connectivity index (χ2n) is 4.70. The first kappa shape index (κ1) is 11.3. The zero-order valence-electron chi connectivity index (χ0n) is 8.76. The van der Waals surface area contributed by atoms with Crippen LogP contribution in [0.5, 0.6) is 0 Å². The molecule has 1 nitrogen and oxygen atoms in total. The standard InChI is InChI=1S/C12H15Cl2N/c1-12(4-5-12)11(15)6-8-2-3-9(13)7-10(8)14/h2-3,7,11H,4-6,15H2,1H3. The van der Waals surface area contributed by atoms with Gasteiger partial charge in [0.25, 0.3) is 0 Å². The molecule has 0 radical (unpaired) electrons. The summed E-state index contributed by atoms with van der Waals surface area (Å²) in [5.41, 5.74) is 7.60. The lowest BCUT2D eigenvalue weighted by Crippen LogP contribution is -2.31. The summed E-state index contributed by atoms with van der Waals surface area (Å²) in [6.07, 6.45) is 3.31. The van der Waals surface area contributed by atoms with Gasteiger partial charge in [0.15, 0.2) is 0 Å². The highest BCUT2D eigenvalue weighted by molar-refractivity contribution is 6.35. The van der Waals surface area contributed by atoms with Gasteiger partial charge >= 0.3 is 0 Å². The summed E-state index contributed by atoms with van der Waals surface area (Å²) in [5.74, 6) is 0. The van der Waals surface area contributed by atoms with Crippen LogP contribution in [-0.4, -0.2) is 6.04 Å². The third kappa shape index (κ3) is 2.47. The Hall–Kier alpha value is -0.240. The zero-order chi connectivity index (χ0) is 11.1. The van der Waals surface area contributed by atoms with Gasteiger partial charge in [0.1, 0.15) is 0 Å². The Balaban J connectivity index is 2.10. The summed E-state index contributed by atoms with van der Waals surface area (Å²) in [4.78, 5) is 0. The molecule has 0 aliphatic heterocycles. The maximum absolute atomic E-state index is 6.16. The predicted molar refractivity (Wildman–Crippen MR) is 65.5 cm³/mol. The molecular weight excluding hydrogens is 229 g/mol. The van der Waals surface area contributed by atoms with E-state index < -0.39 is 0 Å². The molecule has 1 unspecified atom stereocenters. The molecule has 0 bridgehead atoms. The maximum Gasteiger partial charge on any atom is 0.0453 e. The van der Waals surface area contributed by atoms with Crippen LogP contribution in [0.4, 0.5) is 0 Å². The monoisotopic (exact) mass is 243 g/mol. The van der Waals surface area contributed by atoms with Gasteiger partial charge in [-0.15, -0.1) is 0 Å². The molecule has 0 aromatic heterocycles. The third-order valence-electron chi connectivity index (χ3n) is 3.39. The van der Waals surface area contributed by atoms with E-state index in [2.05, 4.69) is 6.92 Å². The summed E-state index contributed by atoms with van der Waals surface area (Å²) < 4.78 is 0. The van der Waals surface area contributed by atoms with Crippen LogP contribution >= 0.6 is 23.2 Å². The highest BCUT2D eigenvalue weighted by Crippen LogP contribution is 2.48. The molecule has 2 N–H and O–H groups in total. The van der Waals surface area contributed by atoms with Gasteiger partial charge in [-0.2, -0.15) is 0 Å². The quantitative estimate of drug-likeness (QED) is 0.862. The van der Waals surface area contributed by atoms with Crippen LogP contribution in [0.1, 0.15) is 25.3 Å². The highest BCUT2D eigenvalue weighted by Gasteiger charge is 2.42. The second-order valence-corrected chi connectivity index (χ2v) is 5.54. The lowest BCUT2D eigenvalue weighted by atomic mass is 9.93. The van der Waals surface area contributed by atoms with E-state index in [9.17, 15) is 0 Å². The summed E-state index contributed by atoms with van der Waals surface area (Å²) in [6.45, 7) is 2.24. The van der Waals surface area contributed by atoms with Crippen molar-refractivity contribution in [3.05, 3.63) is 33.8 Å². The van der Waals surface area contributed by atoms with Crippen molar-refractivity contribution >= 4 is 23.2 Å². The van der Waals surface area contributed by atoms with Gasteiger partial charge in [0.05, 0.1) is 0 Å². The van der Waals surface area contributed by atoms with Crippen LogP contribution in [0.3, 0.4) is 0 Å². The van der Waals surface area contributed by atoms with Gasteiger partial charge in [-0.05, 0) is 42.4 Å². The molecule has 1 aromatic rings. The Morgan fingerprint density at radius 1 is 1.40 bits per heavy atom. The number of rotatable bonds is 3. The molecule has 3 heteroatoms. The van der Waals surface area contributed by atoms with Crippen molar-refractivity contribution in [2.45, 2.75) is 32.2 Å². The predicted octanol–water partition coefficient (Wildman–Crippen LogP) is 3.66. The van der Waals surface area contributed by atoms with Crippen molar-refractivity contribution in [2.24, 2.45) is 11.1 Å². The number of hydrogen-bond acceptors (Lipinski definition) is 1. The number of hydrogen-bond donors (Lipinski definition) is 1. The van der Waals surface area contributed by atoms with Crippen molar-refractivity contribution in [1.29, 1.82) is 0 Å². The third-order valence-corrected chi connectivity index (χ3v) is 3.98. The summed E-state index contributed by atoms with van der Waals surface area (Å²) in [5, 5.41) is 1.40. The summed E-state index contributed by atoms with van der Waals surface area (Å²) in [6, 6.07) is 5.82. The molecule has 1 fully saturated rings. The molecule has 1 aliphatic carbocycles. The van der Waals surface area contributed by atoms with E-state index in [0.717, 1.165) is 17.0 Å². The summed E-state index contributed by atoms with van der Waals surface area (Å²) in [7, 11) is 0. The van der Waals surface area contributed by atoms with Crippen molar-refractivity contribution in [3.8, 4) is 0 Å². The van der Waals surface area contributed by atoms with Crippen LogP contribution in [0, 0.1) is 5.41 Å². The fourth-order valence-electron chi connectivity index (χ4n) is 1.74. The lowest BCUT2D eigenvalue weighted by Gasteiger charge is -2.19. The average molecular weight is 244 g/mol. The average Bonchev–Trinajstić information content (AvgIpc) is 2.90. The Bertz CT molecular complexity index is 372. The van der Waals surface area contributed by atoms with Gasteiger partial charge in [-0.25, -0.2) is 0 Å². The molecule has 1 aromatic carbocycles. The molecule has 1 saturated carbocycles. The van der Waals surface area contributed by atoms with E-state index in [4.69, 9.17) is 28.9 Å². The van der Waals surface area contributed by atoms with Gasteiger partial charge in [-0.1, -0.05) is 36.2 Å². The molecule has 1 atom stereocenters. The van der Waals surface area contributed by atoms with Gasteiger partial charge in [0.2, 0.25) is 0 Å². The van der Waals surface area contributed by atoms with E-state index in [1.54, 1.807) is 6.07 Å². The topological polar surface area (TPSA) is 26.0 Å². The first-order chi connectivity index (χ1) is 7.01. The largest absolute Gasteiger partial charge is 0.327 e. The number of benzene rings is 1. The van der Waals surface area contributed by atoms with Crippen molar-refractivity contribution in [1.82, 2.24) is 0 Å². The van der Waals surface area contributed by atoms with Gasteiger partial charge < -0.3 is 5.73 Å². The minimum atomic E-state index is 0.205. The molecule has 0 heterocycles. The van der Waals surface area contributed by atoms with Crippen molar-refractivity contribution < 1.29 is 0 Å². The second kappa shape index (κ2) is 3.97. The molecule has 0 saturated heterocycles. The molecule has 0 amide bonds. The molecule has 82 valence electrons. The normalized spacial score (nSPS) is 20.0. The van der Waals surface area contributed by atoms with Crippen molar-refractivity contribution in [3.63, 3.8) is 0 Å². The highest BCUT2D eigenvalue weighted by atomic mass is 35.5. The molecule has 1 aliphatic rings. The zero-order valence-corrected chi connectivity index (χ0v) is 10.3. The van der Waals surface area contributed by atoms with E-state index >= 15 is 0 Å². The molecule has 0 spiro atoms. The van der Waals surface area contributed by atoms with E-state index in [0.29, 0.717) is 10.4 Å². The van der Waals surface area contributed by atoms with Crippen LogP contribution in [0.2, 0.25) is 10.0 Å². The SMILES string of the molecule is CC1(C(N)Cc2ccc(Cl)cc2Cl)CC1. The van der Waals surface area contributed by atoms with E-state index in [1.807, 2.05) is 12.1 Å². The Labute approximate surface area is 101 Å². The Morgan fingerprint density at radius 2 is 2.07 bits per heavy atom. The maximum atomic E-state index is 6.16. The minimum absolute atomic E-state index is 0.205. The molecular formula is C12H15Cl2N. The number of halogens is 2. The van der Waals surface area contributed by atoms with Gasteiger partial charge in [0, 0.05) is 16.1 Å². The van der Waals surface area contributed by atoms with E-state index in [-0.39, 0.29) is 6.04 Å². The van der Waals surface area contributed by atoms with Crippen LogP contribution in [0.25, 0.3) is 0 Å². The Kier molecular flexibility index (Phi) is 2.98. The minimum Gasteiger partial charge on any atom is -0.327 e. The molecule has 2 rings (SSSR count). The smallest absolute Gasteiger partial charge is 0.0453 e. The lowest BCUT2D eigenvalue weighted by molar-refractivity contribution is 0.433. The number of nitrogens with two attached hydrogens (primary N) is 1. The van der Waals surface area contributed by atoms with Crippen LogP contribution < -0.4 is 5.73 Å². The first-order valence-electron chi connectivity index (χ1n) is 5.21. The van der Waals surface area contributed by atoms with Crippen LogP contribution in [0.15, 0.2) is 18.2 Å². The molecule has 15 heavy (non-hydrogen) atoms. The van der Waals surface area contributed by atoms with Crippen LogP contribution in [-0.2, 0) is 6.42 Å². The summed E-state index contributed by atoms with van der Waals surface area (Å²) >= 11 is 11.9. The Morgan fingerprint density at radius 3 is 2.60 bits per heavy atom. The first-order valence-corrected chi connectivity index (χ1v) is 5.96.